The standard InChI is InChI=1S/C9H17N3OS/c1-2-3-4-5-6-13-7-8-11-12-9(10)14-8/h2-7H2,1H3,(H2,10,12). The summed E-state index contributed by atoms with van der Waals surface area (Å²) in [5.41, 5.74) is 5.44. The Kier molecular flexibility index (Phi) is 5.47. The number of hydrogen-bond acceptors (Lipinski definition) is 5. The van der Waals surface area contributed by atoms with Crippen molar-refractivity contribution in [2.45, 2.75) is 39.2 Å². The average molecular weight is 215 g/mol. The Balaban J connectivity index is 1.99. The van der Waals surface area contributed by atoms with Crippen LogP contribution in [-0.4, -0.2) is 16.8 Å². The second-order valence-electron chi connectivity index (χ2n) is 3.15. The Morgan fingerprint density at radius 2 is 2.14 bits per heavy atom. The Morgan fingerprint density at radius 1 is 1.29 bits per heavy atom. The van der Waals surface area contributed by atoms with Crippen molar-refractivity contribution in [3.63, 3.8) is 0 Å². The number of unbranched alkanes of at least 4 members (excludes halogenated alkanes) is 3. The molecule has 1 aromatic rings. The molecule has 1 rings (SSSR count). The van der Waals surface area contributed by atoms with Gasteiger partial charge < -0.3 is 10.5 Å². The first-order valence-electron chi connectivity index (χ1n) is 4.98. The minimum atomic E-state index is 0.509. The zero-order chi connectivity index (χ0) is 10.2. The van der Waals surface area contributed by atoms with Gasteiger partial charge in [0, 0.05) is 6.61 Å². The molecular weight excluding hydrogens is 198 g/mol. The average Bonchev–Trinajstić information content (AvgIpc) is 2.58. The Bertz CT molecular complexity index is 252. The van der Waals surface area contributed by atoms with Crippen LogP contribution in [0.4, 0.5) is 5.13 Å². The van der Waals surface area contributed by atoms with Crippen LogP contribution in [0.3, 0.4) is 0 Å². The third kappa shape index (κ3) is 4.53. The molecule has 14 heavy (non-hydrogen) atoms. The number of ether oxygens (including phenoxy) is 1. The first-order valence-corrected chi connectivity index (χ1v) is 5.80. The summed E-state index contributed by atoms with van der Waals surface area (Å²) in [5, 5.41) is 8.95. The minimum Gasteiger partial charge on any atom is -0.374 e. The van der Waals surface area contributed by atoms with Crippen molar-refractivity contribution in [2.24, 2.45) is 0 Å². The lowest BCUT2D eigenvalue weighted by Crippen LogP contribution is -1.95. The van der Waals surface area contributed by atoms with Crippen molar-refractivity contribution < 1.29 is 4.74 Å². The molecule has 0 saturated carbocycles. The molecule has 0 saturated heterocycles. The van der Waals surface area contributed by atoms with E-state index in [1.54, 1.807) is 0 Å². The highest BCUT2D eigenvalue weighted by Crippen LogP contribution is 2.11. The fraction of sp³-hybridized carbons (Fsp3) is 0.778. The van der Waals surface area contributed by atoms with Crippen LogP contribution in [0.2, 0.25) is 0 Å². The van der Waals surface area contributed by atoms with Crippen molar-refractivity contribution >= 4 is 16.5 Å². The van der Waals surface area contributed by atoms with Gasteiger partial charge in [-0.15, -0.1) is 10.2 Å². The molecule has 0 bridgehead atoms. The molecule has 80 valence electrons. The summed E-state index contributed by atoms with van der Waals surface area (Å²) in [6, 6.07) is 0. The normalized spacial score (nSPS) is 10.6. The van der Waals surface area contributed by atoms with Gasteiger partial charge in [0.15, 0.2) is 0 Å². The molecule has 5 heteroatoms. The van der Waals surface area contributed by atoms with Crippen molar-refractivity contribution in [3.8, 4) is 0 Å². The van der Waals surface area contributed by atoms with E-state index in [0.29, 0.717) is 11.7 Å². The van der Waals surface area contributed by atoms with Gasteiger partial charge in [0.2, 0.25) is 5.13 Å². The van der Waals surface area contributed by atoms with E-state index < -0.39 is 0 Å². The molecule has 0 aliphatic carbocycles. The zero-order valence-corrected chi connectivity index (χ0v) is 9.35. The van der Waals surface area contributed by atoms with Crippen LogP contribution in [0.5, 0.6) is 0 Å². The van der Waals surface area contributed by atoms with E-state index in [4.69, 9.17) is 10.5 Å². The molecule has 0 unspecified atom stereocenters. The van der Waals surface area contributed by atoms with E-state index in [1.165, 1.54) is 30.6 Å². The molecule has 0 fully saturated rings. The summed E-state index contributed by atoms with van der Waals surface area (Å²) in [4.78, 5) is 0. The van der Waals surface area contributed by atoms with Gasteiger partial charge in [0.05, 0.1) is 0 Å². The number of nitrogens with two attached hydrogens (primary N) is 1. The van der Waals surface area contributed by atoms with Crippen LogP contribution in [-0.2, 0) is 11.3 Å². The lowest BCUT2D eigenvalue weighted by Gasteiger charge is -2.00. The van der Waals surface area contributed by atoms with Crippen LogP contribution < -0.4 is 5.73 Å². The molecule has 0 atom stereocenters. The lowest BCUT2D eigenvalue weighted by molar-refractivity contribution is 0.116. The van der Waals surface area contributed by atoms with Gasteiger partial charge in [-0.3, -0.25) is 0 Å². The van der Waals surface area contributed by atoms with E-state index in [9.17, 15) is 0 Å². The fourth-order valence-electron chi connectivity index (χ4n) is 1.12. The van der Waals surface area contributed by atoms with Crippen molar-refractivity contribution in [1.29, 1.82) is 0 Å². The number of nitrogens with zero attached hydrogens (tertiary/aromatic N) is 2. The Morgan fingerprint density at radius 3 is 2.79 bits per heavy atom. The molecule has 0 radical (unpaired) electrons. The van der Waals surface area contributed by atoms with Gasteiger partial charge in [-0.1, -0.05) is 37.5 Å². The van der Waals surface area contributed by atoms with Gasteiger partial charge in [0.25, 0.3) is 0 Å². The number of anilines is 1. The molecule has 1 aromatic heterocycles. The SMILES string of the molecule is CCCCCCOCc1nnc(N)s1. The van der Waals surface area contributed by atoms with Crippen LogP contribution in [0.1, 0.15) is 37.6 Å². The summed E-state index contributed by atoms with van der Waals surface area (Å²) in [5.74, 6) is 0. The molecular formula is C9H17N3OS. The predicted octanol–water partition coefficient (Wildman–Crippen LogP) is 2.22. The molecule has 0 aromatic carbocycles. The summed E-state index contributed by atoms with van der Waals surface area (Å²) in [6.45, 7) is 3.55. The van der Waals surface area contributed by atoms with Gasteiger partial charge in [-0.2, -0.15) is 0 Å². The van der Waals surface area contributed by atoms with E-state index in [0.717, 1.165) is 18.0 Å². The van der Waals surface area contributed by atoms with E-state index in [2.05, 4.69) is 17.1 Å². The Hall–Kier alpha value is -0.680. The topological polar surface area (TPSA) is 61.0 Å². The van der Waals surface area contributed by atoms with Gasteiger partial charge in [-0.25, -0.2) is 0 Å². The predicted molar refractivity (Wildman–Crippen MR) is 58.1 cm³/mol. The quantitative estimate of drug-likeness (QED) is 0.708. The highest BCUT2D eigenvalue weighted by molar-refractivity contribution is 7.15. The monoisotopic (exact) mass is 215 g/mol. The molecule has 0 aliphatic rings. The van der Waals surface area contributed by atoms with E-state index in [1.807, 2.05) is 0 Å². The highest BCUT2D eigenvalue weighted by atomic mass is 32.1. The second-order valence-corrected chi connectivity index (χ2v) is 4.24. The van der Waals surface area contributed by atoms with Crippen molar-refractivity contribution in [1.82, 2.24) is 10.2 Å². The highest BCUT2D eigenvalue weighted by Gasteiger charge is 1.99. The molecule has 0 amide bonds. The van der Waals surface area contributed by atoms with E-state index >= 15 is 0 Å². The summed E-state index contributed by atoms with van der Waals surface area (Å²) in [6.07, 6.45) is 4.92. The first-order chi connectivity index (χ1) is 6.83. The largest absolute Gasteiger partial charge is 0.374 e. The third-order valence-electron chi connectivity index (χ3n) is 1.85. The summed E-state index contributed by atoms with van der Waals surface area (Å²) >= 11 is 1.39. The summed E-state index contributed by atoms with van der Waals surface area (Å²) < 4.78 is 5.43. The van der Waals surface area contributed by atoms with Crippen LogP contribution in [0, 0.1) is 0 Å². The third-order valence-corrected chi connectivity index (χ3v) is 2.58. The van der Waals surface area contributed by atoms with Crippen LogP contribution in [0.25, 0.3) is 0 Å². The number of nitrogen functional groups attached to an aromatic ring is 1. The van der Waals surface area contributed by atoms with Gasteiger partial charge in [0.1, 0.15) is 11.6 Å². The van der Waals surface area contributed by atoms with E-state index in [-0.39, 0.29) is 0 Å². The Labute approximate surface area is 88.5 Å². The zero-order valence-electron chi connectivity index (χ0n) is 8.53. The molecule has 0 spiro atoms. The molecule has 4 nitrogen and oxygen atoms in total. The fourth-order valence-corrected chi connectivity index (χ4v) is 1.66. The number of aromatic nitrogens is 2. The maximum atomic E-state index is 5.44. The van der Waals surface area contributed by atoms with Crippen LogP contribution in [0.15, 0.2) is 0 Å². The lowest BCUT2D eigenvalue weighted by atomic mass is 10.2. The van der Waals surface area contributed by atoms with Crippen molar-refractivity contribution in [2.75, 3.05) is 12.3 Å². The second kappa shape index (κ2) is 6.73. The molecule has 1 heterocycles. The molecule has 0 aliphatic heterocycles. The van der Waals surface area contributed by atoms with Gasteiger partial charge >= 0.3 is 0 Å². The minimum absolute atomic E-state index is 0.509. The summed E-state index contributed by atoms with van der Waals surface area (Å²) in [7, 11) is 0. The maximum Gasteiger partial charge on any atom is 0.203 e. The molecule has 2 N–H and O–H groups in total. The maximum absolute atomic E-state index is 5.44. The van der Waals surface area contributed by atoms with Gasteiger partial charge in [-0.05, 0) is 6.42 Å². The number of rotatable bonds is 7. The smallest absolute Gasteiger partial charge is 0.203 e. The van der Waals surface area contributed by atoms with Crippen LogP contribution >= 0.6 is 11.3 Å². The van der Waals surface area contributed by atoms with Crippen molar-refractivity contribution in [3.05, 3.63) is 5.01 Å². The first kappa shape index (κ1) is 11.4. The number of hydrogen-bond donors (Lipinski definition) is 1.